The zero-order valence-corrected chi connectivity index (χ0v) is 9.60. The summed E-state index contributed by atoms with van der Waals surface area (Å²) in [4.78, 5) is 0. The second-order valence-electron chi connectivity index (χ2n) is 3.69. The SMILES string of the molecule is CCCCCCC(NC)C(C)OC. The highest BCUT2D eigenvalue weighted by molar-refractivity contribution is 4.71. The fourth-order valence-electron chi connectivity index (χ4n) is 1.57. The van der Waals surface area contributed by atoms with Gasteiger partial charge in [-0.15, -0.1) is 0 Å². The Kier molecular flexibility index (Phi) is 8.46. The van der Waals surface area contributed by atoms with E-state index >= 15 is 0 Å². The van der Waals surface area contributed by atoms with E-state index in [1.165, 1.54) is 32.1 Å². The first kappa shape index (κ1) is 12.9. The van der Waals surface area contributed by atoms with Crippen LogP contribution in [-0.4, -0.2) is 26.3 Å². The van der Waals surface area contributed by atoms with Crippen molar-refractivity contribution in [3.63, 3.8) is 0 Å². The average molecular weight is 187 g/mol. The van der Waals surface area contributed by atoms with Gasteiger partial charge in [-0.3, -0.25) is 0 Å². The normalized spacial score (nSPS) is 15.7. The molecule has 0 radical (unpaired) electrons. The number of unbranched alkanes of at least 4 members (excludes halogenated alkanes) is 3. The van der Waals surface area contributed by atoms with Crippen molar-refractivity contribution < 1.29 is 4.74 Å². The predicted molar refractivity (Wildman–Crippen MR) is 58.1 cm³/mol. The van der Waals surface area contributed by atoms with Crippen molar-refractivity contribution in [3.8, 4) is 0 Å². The average Bonchev–Trinajstić information content (AvgIpc) is 2.17. The zero-order valence-electron chi connectivity index (χ0n) is 9.60. The molecule has 0 bridgehead atoms. The van der Waals surface area contributed by atoms with E-state index in [4.69, 9.17) is 4.74 Å². The molecule has 0 amide bonds. The highest BCUT2D eigenvalue weighted by Gasteiger charge is 2.13. The second-order valence-corrected chi connectivity index (χ2v) is 3.69. The summed E-state index contributed by atoms with van der Waals surface area (Å²) < 4.78 is 5.30. The minimum absolute atomic E-state index is 0.326. The van der Waals surface area contributed by atoms with Crippen LogP contribution in [0, 0.1) is 0 Å². The molecule has 0 aliphatic heterocycles. The van der Waals surface area contributed by atoms with Crippen molar-refractivity contribution >= 4 is 0 Å². The summed E-state index contributed by atoms with van der Waals surface area (Å²) in [7, 11) is 3.79. The van der Waals surface area contributed by atoms with Crippen molar-refractivity contribution in [2.24, 2.45) is 0 Å². The highest BCUT2D eigenvalue weighted by atomic mass is 16.5. The Morgan fingerprint density at radius 1 is 1.23 bits per heavy atom. The van der Waals surface area contributed by atoms with Crippen LogP contribution in [0.1, 0.15) is 46.0 Å². The minimum Gasteiger partial charge on any atom is -0.380 e. The molecule has 13 heavy (non-hydrogen) atoms. The Morgan fingerprint density at radius 2 is 1.92 bits per heavy atom. The molecule has 0 aliphatic carbocycles. The first-order valence-electron chi connectivity index (χ1n) is 5.46. The van der Waals surface area contributed by atoms with Crippen LogP contribution in [0.5, 0.6) is 0 Å². The Hall–Kier alpha value is -0.0800. The third-order valence-electron chi connectivity index (χ3n) is 2.68. The molecule has 0 heterocycles. The Balaban J connectivity index is 3.47. The number of ether oxygens (including phenoxy) is 1. The van der Waals surface area contributed by atoms with Gasteiger partial charge in [0, 0.05) is 13.2 Å². The van der Waals surface area contributed by atoms with Gasteiger partial charge in [0.1, 0.15) is 0 Å². The maximum absolute atomic E-state index is 5.30. The number of hydrogen-bond donors (Lipinski definition) is 1. The number of methoxy groups -OCH3 is 1. The maximum Gasteiger partial charge on any atom is 0.0696 e. The van der Waals surface area contributed by atoms with Crippen LogP contribution >= 0.6 is 0 Å². The second kappa shape index (κ2) is 8.52. The molecule has 0 aliphatic rings. The van der Waals surface area contributed by atoms with Gasteiger partial charge in [-0.1, -0.05) is 32.6 Å². The van der Waals surface area contributed by atoms with E-state index in [2.05, 4.69) is 19.2 Å². The molecule has 2 nitrogen and oxygen atoms in total. The maximum atomic E-state index is 5.30. The zero-order chi connectivity index (χ0) is 10.1. The molecule has 0 aromatic heterocycles. The number of hydrogen-bond acceptors (Lipinski definition) is 2. The molecular weight excluding hydrogens is 162 g/mol. The van der Waals surface area contributed by atoms with E-state index in [0.29, 0.717) is 12.1 Å². The first-order chi connectivity index (χ1) is 6.26. The summed E-state index contributed by atoms with van der Waals surface area (Å²) in [6.45, 7) is 4.37. The van der Waals surface area contributed by atoms with Crippen molar-refractivity contribution in [1.82, 2.24) is 5.32 Å². The molecule has 2 atom stereocenters. The standard InChI is InChI=1S/C11H25NO/c1-5-6-7-8-9-11(12-3)10(2)13-4/h10-12H,5-9H2,1-4H3. The molecule has 0 fully saturated rings. The van der Waals surface area contributed by atoms with Gasteiger partial charge in [0.2, 0.25) is 0 Å². The third kappa shape index (κ3) is 6.05. The smallest absolute Gasteiger partial charge is 0.0696 e. The summed E-state index contributed by atoms with van der Waals surface area (Å²) in [5.41, 5.74) is 0. The van der Waals surface area contributed by atoms with Gasteiger partial charge in [0.25, 0.3) is 0 Å². The summed E-state index contributed by atoms with van der Waals surface area (Å²) >= 11 is 0. The van der Waals surface area contributed by atoms with E-state index in [1.54, 1.807) is 7.11 Å². The molecule has 0 saturated heterocycles. The van der Waals surface area contributed by atoms with Gasteiger partial charge in [-0.2, -0.15) is 0 Å². The molecule has 0 spiro atoms. The summed E-state index contributed by atoms with van der Waals surface area (Å²) in [6.07, 6.45) is 6.89. The van der Waals surface area contributed by atoms with Crippen LogP contribution < -0.4 is 5.32 Å². The lowest BCUT2D eigenvalue weighted by molar-refractivity contribution is 0.0818. The minimum atomic E-state index is 0.326. The van der Waals surface area contributed by atoms with Crippen molar-refractivity contribution in [2.45, 2.75) is 58.1 Å². The van der Waals surface area contributed by atoms with Crippen LogP contribution in [0.3, 0.4) is 0 Å². The van der Waals surface area contributed by atoms with E-state index in [1.807, 2.05) is 7.05 Å². The molecule has 0 rings (SSSR count). The van der Waals surface area contributed by atoms with E-state index in [0.717, 1.165) is 0 Å². The molecule has 2 heteroatoms. The lowest BCUT2D eigenvalue weighted by Crippen LogP contribution is -2.36. The summed E-state index contributed by atoms with van der Waals surface area (Å²) in [5, 5.41) is 3.30. The summed E-state index contributed by atoms with van der Waals surface area (Å²) in [5.74, 6) is 0. The molecule has 1 N–H and O–H groups in total. The lowest BCUT2D eigenvalue weighted by atomic mass is 10.0. The Labute approximate surface area is 83.1 Å². The lowest BCUT2D eigenvalue weighted by Gasteiger charge is -2.22. The number of likely N-dealkylation sites (N-methyl/N-ethyl adjacent to an activating group) is 1. The van der Waals surface area contributed by atoms with Crippen molar-refractivity contribution in [1.29, 1.82) is 0 Å². The first-order valence-corrected chi connectivity index (χ1v) is 5.46. The molecule has 0 aromatic rings. The van der Waals surface area contributed by atoms with Gasteiger partial charge in [-0.05, 0) is 20.4 Å². The van der Waals surface area contributed by atoms with Gasteiger partial charge in [-0.25, -0.2) is 0 Å². The quantitative estimate of drug-likeness (QED) is 0.590. The van der Waals surface area contributed by atoms with Gasteiger partial charge in [0.05, 0.1) is 6.10 Å². The van der Waals surface area contributed by atoms with Crippen LogP contribution in [0.15, 0.2) is 0 Å². The monoisotopic (exact) mass is 187 g/mol. The van der Waals surface area contributed by atoms with Crippen LogP contribution in [0.2, 0.25) is 0 Å². The molecule has 0 saturated carbocycles. The van der Waals surface area contributed by atoms with Crippen molar-refractivity contribution in [2.75, 3.05) is 14.2 Å². The Morgan fingerprint density at radius 3 is 2.38 bits per heavy atom. The predicted octanol–water partition coefficient (Wildman–Crippen LogP) is 2.58. The number of nitrogens with one attached hydrogen (secondary N) is 1. The van der Waals surface area contributed by atoms with E-state index in [-0.39, 0.29) is 0 Å². The summed E-state index contributed by atoms with van der Waals surface area (Å²) in [6, 6.07) is 0.516. The highest BCUT2D eigenvalue weighted by Crippen LogP contribution is 2.09. The van der Waals surface area contributed by atoms with Crippen LogP contribution in [0.25, 0.3) is 0 Å². The molecule has 80 valence electrons. The van der Waals surface area contributed by atoms with Gasteiger partial charge in [0.15, 0.2) is 0 Å². The molecule has 0 aromatic carbocycles. The number of rotatable bonds is 8. The fourth-order valence-corrected chi connectivity index (χ4v) is 1.57. The van der Waals surface area contributed by atoms with Gasteiger partial charge >= 0.3 is 0 Å². The Bertz CT molecular complexity index is 106. The topological polar surface area (TPSA) is 21.3 Å². The van der Waals surface area contributed by atoms with Crippen LogP contribution in [-0.2, 0) is 4.74 Å². The molecular formula is C11H25NO. The molecule has 2 unspecified atom stereocenters. The third-order valence-corrected chi connectivity index (χ3v) is 2.68. The van der Waals surface area contributed by atoms with E-state index in [9.17, 15) is 0 Å². The van der Waals surface area contributed by atoms with Crippen LogP contribution in [0.4, 0.5) is 0 Å². The fraction of sp³-hybridized carbons (Fsp3) is 1.00. The van der Waals surface area contributed by atoms with E-state index < -0.39 is 0 Å². The van der Waals surface area contributed by atoms with Gasteiger partial charge < -0.3 is 10.1 Å². The largest absolute Gasteiger partial charge is 0.380 e. The van der Waals surface area contributed by atoms with Crippen molar-refractivity contribution in [3.05, 3.63) is 0 Å².